The Kier molecular flexibility index (Phi) is 6.39. The lowest BCUT2D eigenvalue weighted by atomic mass is 10.2. The molecule has 158 valence electrons. The van der Waals surface area contributed by atoms with E-state index in [-0.39, 0.29) is 5.91 Å². The highest BCUT2D eigenvalue weighted by molar-refractivity contribution is 7.98. The van der Waals surface area contributed by atoms with Crippen LogP contribution in [0.2, 0.25) is 0 Å². The van der Waals surface area contributed by atoms with Gasteiger partial charge in [0.15, 0.2) is 5.13 Å². The molecule has 6 nitrogen and oxygen atoms in total. The van der Waals surface area contributed by atoms with E-state index in [2.05, 4.69) is 4.98 Å². The summed E-state index contributed by atoms with van der Waals surface area (Å²) in [5.74, 6) is 1.18. The molecule has 0 spiro atoms. The number of hydrogen-bond donors (Lipinski definition) is 0. The molecule has 2 aromatic carbocycles. The van der Waals surface area contributed by atoms with Crippen molar-refractivity contribution in [3.05, 3.63) is 72.1 Å². The maximum atomic E-state index is 13.5. The van der Waals surface area contributed by atoms with Crippen LogP contribution in [0.3, 0.4) is 0 Å². The molecule has 0 radical (unpaired) electrons. The summed E-state index contributed by atoms with van der Waals surface area (Å²) in [6.07, 6.45) is 3.72. The summed E-state index contributed by atoms with van der Waals surface area (Å²) in [5.41, 5.74) is 2.03. The molecule has 0 atom stereocenters. The molecule has 0 unspecified atom stereocenters. The first-order valence-corrected chi connectivity index (χ1v) is 11.6. The fourth-order valence-electron chi connectivity index (χ4n) is 3.16. The van der Waals surface area contributed by atoms with Gasteiger partial charge in [-0.05, 0) is 54.8 Å². The Morgan fingerprint density at radius 2 is 1.77 bits per heavy atom. The molecule has 4 rings (SSSR count). The van der Waals surface area contributed by atoms with E-state index in [1.807, 2.05) is 60.9 Å². The Hall–Kier alpha value is -3.10. The molecule has 0 bridgehead atoms. The summed E-state index contributed by atoms with van der Waals surface area (Å²) in [6, 6.07) is 16.9. The number of ether oxygens (including phenoxy) is 2. The minimum Gasteiger partial charge on any atom is -0.495 e. The Bertz CT molecular complexity index is 1150. The number of amides is 1. The van der Waals surface area contributed by atoms with Crippen molar-refractivity contribution < 1.29 is 14.3 Å². The summed E-state index contributed by atoms with van der Waals surface area (Å²) in [5, 5.41) is 0.558. The lowest BCUT2D eigenvalue weighted by Gasteiger charge is -2.19. The molecular weight excluding hydrogens is 430 g/mol. The predicted octanol–water partition coefficient (Wildman–Crippen LogP) is 5.28. The number of anilines is 1. The molecule has 0 fully saturated rings. The number of thiazole rings is 1. The zero-order chi connectivity index (χ0) is 21.8. The fraction of sp³-hybridized carbons (Fsp3) is 0.174. The van der Waals surface area contributed by atoms with Crippen LogP contribution in [0.15, 0.2) is 65.7 Å². The molecule has 2 heterocycles. The minimum absolute atomic E-state index is 0.143. The SMILES string of the molecule is COc1ccc(OC)c2sc(N(Cc3ccccn3)C(=O)c3ccc(SC)cc3)nc12. The minimum atomic E-state index is -0.143. The van der Waals surface area contributed by atoms with Crippen LogP contribution in [0.1, 0.15) is 16.1 Å². The second kappa shape index (κ2) is 9.36. The highest BCUT2D eigenvalue weighted by Crippen LogP contribution is 2.40. The second-order valence-electron chi connectivity index (χ2n) is 6.59. The zero-order valence-electron chi connectivity index (χ0n) is 17.4. The van der Waals surface area contributed by atoms with E-state index in [0.717, 1.165) is 15.3 Å². The number of fused-ring (bicyclic) bond motifs is 1. The van der Waals surface area contributed by atoms with Crippen molar-refractivity contribution in [3.63, 3.8) is 0 Å². The Labute approximate surface area is 188 Å². The van der Waals surface area contributed by atoms with E-state index in [1.165, 1.54) is 11.3 Å². The van der Waals surface area contributed by atoms with Gasteiger partial charge in [-0.25, -0.2) is 4.98 Å². The molecule has 2 aromatic heterocycles. The highest BCUT2D eigenvalue weighted by Gasteiger charge is 2.24. The maximum absolute atomic E-state index is 13.5. The van der Waals surface area contributed by atoms with E-state index in [0.29, 0.717) is 34.3 Å². The van der Waals surface area contributed by atoms with Gasteiger partial charge in [0.05, 0.1) is 26.5 Å². The first-order valence-electron chi connectivity index (χ1n) is 9.52. The van der Waals surface area contributed by atoms with Gasteiger partial charge in [-0.15, -0.1) is 11.8 Å². The van der Waals surface area contributed by atoms with Crippen molar-refractivity contribution in [2.75, 3.05) is 25.4 Å². The molecule has 0 aliphatic rings. The van der Waals surface area contributed by atoms with Crippen molar-refractivity contribution in [2.24, 2.45) is 0 Å². The number of carbonyl (C=O) groups is 1. The zero-order valence-corrected chi connectivity index (χ0v) is 19.0. The quantitative estimate of drug-likeness (QED) is 0.356. The average Bonchev–Trinajstić information content (AvgIpc) is 3.27. The van der Waals surface area contributed by atoms with E-state index < -0.39 is 0 Å². The van der Waals surface area contributed by atoms with Crippen LogP contribution in [0.4, 0.5) is 5.13 Å². The van der Waals surface area contributed by atoms with Crippen LogP contribution in [0, 0.1) is 0 Å². The first kappa shape index (κ1) is 21.1. The van der Waals surface area contributed by atoms with E-state index in [4.69, 9.17) is 14.5 Å². The van der Waals surface area contributed by atoms with E-state index in [9.17, 15) is 4.79 Å². The first-order chi connectivity index (χ1) is 15.1. The number of rotatable bonds is 7. The van der Waals surface area contributed by atoms with Crippen molar-refractivity contribution in [1.82, 2.24) is 9.97 Å². The molecule has 0 N–H and O–H groups in total. The van der Waals surface area contributed by atoms with Crippen molar-refractivity contribution >= 4 is 44.4 Å². The van der Waals surface area contributed by atoms with Crippen LogP contribution in [0.5, 0.6) is 11.5 Å². The molecular formula is C23H21N3O3S2. The summed E-state index contributed by atoms with van der Waals surface area (Å²) in [7, 11) is 3.22. The van der Waals surface area contributed by atoms with Crippen molar-refractivity contribution in [1.29, 1.82) is 0 Å². The monoisotopic (exact) mass is 451 g/mol. The maximum Gasteiger partial charge on any atom is 0.260 e. The van der Waals surface area contributed by atoms with E-state index >= 15 is 0 Å². The van der Waals surface area contributed by atoms with Gasteiger partial charge in [-0.2, -0.15) is 0 Å². The van der Waals surface area contributed by atoms with Gasteiger partial charge in [0.1, 0.15) is 21.7 Å². The molecule has 0 aliphatic carbocycles. The number of methoxy groups -OCH3 is 2. The largest absolute Gasteiger partial charge is 0.495 e. The number of nitrogens with zero attached hydrogens (tertiary/aromatic N) is 3. The van der Waals surface area contributed by atoms with Crippen LogP contribution in [0.25, 0.3) is 10.2 Å². The number of thioether (sulfide) groups is 1. The molecule has 8 heteroatoms. The lowest BCUT2D eigenvalue weighted by Crippen LogP contribution is -2.30. The number of aromatic nitrogens is 2. The summed E-state index contributed by atoms with van der Waals surface area (Å²) in [6.45, 7) is 0.300. The number of pyridine rings is 1. The summed E-state index contributed by atoms with van der Waals surface area (Å²) < 4.78 is 11.8. The van der Waals surface area contributed by atoms with Gasteiger partial charge < -0.3 is 9.47 Å². The van der Waals surface area contributed by atoms with Crippen LogP contribution in [-0.2, 0) is 6.54 Å². The molecule has 4 aromatic rings. The van der Waals surface area contributed by atoms with Gasteiger partial charge in [0, 0.05) is 16.7 Å². The molecule has 0 aliphatic heterocycles. The summed E-state index contributed by atoms with van der Waals surface area (Å²) in [4.78, 5) is 25.4. The third-order valence-corrected chi connectivity index (χ3v) is 6.59. The lowest BCUT2D eigenvalue weighted by molar-refractivity contribution is 0.0984. The standard InChI is InChI=1S/C23H21N3O3S2/c1-28-18-11-12-19(29-2)21-20(18)25-23(31-21)26(14-16-6-4-5-13-24-16)22(27)15-7-9-17(30-3)10-8-15/h4-13H,14H2,1-3H3. The van der Waals surface area contributed by atoms with Gasteiger partial charge >= 0.3 is 0 Å². The summed E-state index contributed by atoms with van der Waals surface area (Å²) >= 11 is 3.03. The van der Waals surface area contributed by atoms with Gasteiger partial charge in [-0.1, -0.05) is 17.4 Å². The van der Waals surface area contributed by atoms with Crippen molar-refractivity contribution in [2.45, 2.75) is 11.4 Å². The highest BCUT2D eigenvalue weighted by atomic mass is 32.2. The van der Waals surface area contributed by atoms with Gasteiger partial charge in [-0.3, -0.25) is 14.7 Å². The fourth-order valence-corrected chi connectivity index (χ4v) is 4.64. The van der Waals surface area contributed by atoms with Crippen LogP contribution < -0.4 is 14.4 Å². The molecule has 31 heavy (non-hydrogen) atoms. The van der Waals surface area contributed by atoms with E-state index in [1.54, 1.807) is 37.1 Å². The molecule has 1 amide bonds. The second-order valence-corrected chi connectivity index (χ2v) is 8.44. The normalized spacial score (nSPS) is 10.8. The van der Waals surface area contributed by atoms with Crippen LogP contribution >= 0.6 is 23.1 Å². The smallest absolute Gasteiger partial charge is 0.260 e. The number of carbonyl (C=O) groups excluding carboxylic acids is 1. The topological polar surface area (TPSA) is 64.6 Å². The number of benzene rings is 2. The average molecular weight is 452 g/mol. The van der Waals surface area contributed by atoms with Crippen LogP contribution in [-0.4, -0.2) is 36.4 Å². The van der Waals surface area contributed by atoms with Crippen molar-refractivity contribution in [3.8, 4) is 11.5 Å². The molecule has 0 saturated heterocycles. The van der Waals surface area contributed by atoms with Gasteiger partial charge in [0.2, 0.25) is 0 Å². The third kappa shape index (κ3) is 4.35. The third-order valence-electron chi connectivity index (χ3n) is 4.76. The Morgan fingerprint density at radius 3 is 2.42 bits per heavy atom. The Morgan fingerprint density at radius 1 is 1.03 bits per heavy atom. The predicted molar refractivity (Wildman–Crippen MR) is 126 cm³/mol. The Balaban J connectivity index is 1.81. The van der Waals surface area contributed by atoms with Gasteiger partial charge in [0.25, 0.3) is 5.91 Å². The molecule has 0 saturated carbocycles. The number of hydrogen-bond acceptors (Lipinski definition) is 7.